The van der Waals surface area contributed by atoms with E-state index in [1.807, 2.05) is 19.1 Å². The molecule has 0 amide bonds. The van der Waals surface area contributed by atoms with E-state index in [4.69, 9.17) is 25.8 Å². The number of anilines is 1. The van der Waals surface area contributed by atoms with Crippen LogP contribution in [0.1, 0.15) is 32.4 Å². The van der Waals surface area contributed by atoms with Crippen molar-refractivity contribution in [3.8, 4) is 17.1 Å². The molecule has 0 unspecified atom stereocenters. The Morgan fingerprint density at radius 2 is 2.06 bits per heavy atom. The fraction of sp³-hybridized carbons (Fsp3) is 0.348. The summed E-state index contributed by atoms with van der Waals surface area (Å²) in [5.41, 5.74) is 3.27. The predicted molar refractivity (Wildman–Crippen MR) is 127 cm³/mol. The molecule has 0 bridgehead atoms. The molecule has 31 heavy (non-hydrogen) atoms. The van der Waals surface area contributed by atoms with E-state index in [0.29, 0.717) is 34.3 Å². The lowest BCUT2D eigenvalue weighted by molar-refractivity contribution is 0.261. The van der Waals surface area contributed by atoms with Crippen LogP contribution in [0.2, 0.25) is 5.02 Å². The van der Waals surface area contributed by atoms with Gasteiger partial charge in [0.25, 0.3) is 0 Å². The van der Waals surface area contributed by atoms with Gasteiger partial charge in [0.2, 0.25) is 5.88 Å². The molecule has 6 nitrogen and oxygen atoms in total. The Morgan fingerprint density at radius 3 is 2.81 bits per heavy atom. The van der Waals surface area contributed by atoms with Crippen LogP contribution in [-0.2, 0) is 0 Å². The van der Waals surface area contributed by atoms with E-state index < -0.39 is 0 Å². The van der Waals surface area contributed by atoms with Crippen molar-refractivity contribution in [1.82, 2.24) is 15.1 Å². The molecule has 1 fully saturated rings. The molecule has 0 saturated heterocycles. The third-order valence-electron chi connectivity index (χ3n) is 5.03. The average molecular weight is 455 g/mol. The van der Waals surface area contributed by atoms with Crippen LogP contribution in [0.3, 0.4) is 0 Å². The number of aromatic nitrogens is 3. The van der Waals surface area contributed by atoms with Crippen molar-refractivity contribution >= 4 is 51.1 Å². The average Bonchev–Trinajstić information content (AvgIpc) is 3.49. The molecule has 1 saturated carbocycles. The highest BCUT2D eigenvalue weighted by molar-refractivity contribution is 8.01. The van der Waals surface area contributed by atoms with Crippen molar-refractivity contribution in [2.24, 2.45) is 5.92 Å². The van der Waals surface area contributed by atoms with Crippen molar-refractivity contribution < 1.29 is 9.26 Å². The second kappa shape index (κ2) is 8.20. The van der Waals surface area contributed by atoms with Crippen molar-refractivity contribution in [3.63, 3.8) is 0 Å². The zero-order valence-corrected chi connectivity index (χ0v) is 19.2. The first-order chi connectivity index (χ1) is 15.0. The van der Waals surface area contributed by atoms with Crippen LogP contribution >= 0.6 is 23.5 Å². The second-order valence-electron chi connectivity index (χ2n) is 8.35. The third kappa shape index (κ3) is 4.29. The maximum Gasteiger partial charge on any atom is 0.232 e. The number of hydrogen-bond donors (Lipinski definition) is 1. The number of fused-ring (bicyclic) bond motifs is 2. The summed E-state index contributed by atoms with van der Waals surface area (Å²) in [6.07, 6.45) is 4.26. The van der Waals surface area contributed by atoms with Gasteiger partial charge in [0, 0.05) is 28.1 Å². The SMILES string of the molecule is Cc1cc2cc3c(NSC4CC4)noc3cc2c(-c2cnc(OCC(C)C)c(Cl)c2)n1. The number of nitrogens with one attached hydrogen (secondary N) is 1. The van der Waals surface area contributed by atoms with Gasteiger partial charge in [-0.25, -0.2) is 4.98 Å². The molecule has 0 atom stereocenters. The summed E-state index contributed by atoms with van der Waals surface area (Å²) in [6, 6.07) is 8.02. The Kier molecular flexibility index (Phi) is 5.40. The lowest BCUT2D eigenvalue weighted by Gasteiger charge is -2.12. The maximum atomic E-state index is 6.46. The molecule has 1 N–H and O–H groups in total. The number of halogens is 1. The molecule has 0 spiro atoms. The zero-order valence-electron chi connectivity index (χ0n) is 17.6. The largest absolute Gasteiger partial charge is 0.476 e. The summed E-state index contributed by atoms with van der Waals surface area (Å²) in [7, 11) is 0. The predicted octanol–water partition coefficient (Wildman–Crippen LogP) is 6.66. The first-order valence-corrected chi connectivity index (χ1v) is 11.6. The van der Waals surface area contributed by atoms with E-state index in [1.165, 1.54) is 12.8 Å². The molecule has 1 aliphatic carbocycles. The highest BCUT2D eigenvalue weighted by atomic mass is 35.5. The van der Waals surface area contributed by atoms with Crippen LogP contribution in [0.5, 0.6) is 5.88 Å². The van der Waals surface area contributed by atoms with E-state index in [9.17, 15) is 0 Å². The molecule has 160 valence electrons. The standard InChI is InChI=1S/C23H23ClN4O2S/c1-12(2)11-29-23-19(24)8-15(10-25-23)21-17-9-20-18(7-14(17)6-13(3)26-21)22(27-30-20)28-31-16-4-5-16/h6-10,12,16H,4-5,11H2,1-3H3,(H,27,28). The van der Waals surface area contributed by atoms with Gasteiger partial charge < -0.3 is 14.0 Å². The van der Waals surface area contributed by atoms with Gasteiger partial charge in [-0.05, 0) is 67.3 Å². The Morgan fingerprint density at radius 1 is 1.23 bits per heavy atom. The third-order valence-corrected chi connectivity index (χ3v) is 6.42. The van der Waals surface area contributed by atoms with Gasteiger partial charge in [-0.1, -0.05) is 30.6 Å². The number of nitrogens with zero attached hydrogens (tertiary/aromatic N) is 3. The van der Waals surface area contributed by atoms with Gasteiger partial charge in [-0.15, -0.1) is 0 Å². The summed E-state index contributed by atoms with van der Waals surface area (Å²) in [6.45, 7) is 6.72. The molecule has 3 heterocycles. The number of benzene rings is 1. The lowest BCUT2D eigenvalue weighted by atomic mass is 10.0. The molecule has 1 aliphatic rings. The van der Waals surface area contributed by atoms with E-state index in [1.54, 1.807) is 18.1 Å². The number of ether oxygens (including phenoxy) is 1. The van der Waals surface area contributed by atoms with Crippen LogP contribution in [-0.4, -0.2) is 27.0 Å². The van der Waals surface area contributed by atoms with Crippen LogP contribution in [0.4, 0.5) is 5.82 Å². The molecule has 8 heteroatoms. The first-order valence-electron chi connectivity index (χ1n) is 10.4. The number of pyridine rings is 2. The molecule has 4 aromatic rings. The minimum Gasteiger partial charge on any atom is -0.476 e. The second-order valence-corrected chi connectivity index (χ2v) is 9.86. The molecule has 5 rings (SSSR count). The molecule has 1 aromatic carbocycles. The fourth-order valence-electron chi connectivity index (χ4n) is 3.34. The van der Waals surface area contributed by atoms with E-state index in [2.05, 4.69) is 40.8 Å². The number of aryl methyl sites for hydroxylation is 1. The fourth-order valence-corrected chi connectivity index (χ4v) is 4.36. The Bertz CT molecular complexity index is 1270. The normalized spacial score (nSPS) is 14.0. The monoisotopic (exact) mass is 454 g/mol. The molecule has 0 aliphatic heterocycles. The van der Waals surface area contributed by atoms with Gasteiger partial charge in [0.15, 0.2) is 11.4 Å². The molecular weight excluding hydrogens is 432 g/mol. The number of rotatable bonds is 7. The molecule has 0 radical (unpaired) electrons. The first kappa shape index (κ1) is 20.4. The van der Waals surface area contributed by atoms with Gasteiger partial charge >= 0.3 is 0 Å². The van der Waals surface area contributed by atoms with Crippen molar-refractivity contribution in [2.75, 3.05) is 11.3 Å². The summed E-state index contributed by atoms with van der Waals surface area (Å²) in [5.74, 6) is 1.60. The smallest absolute Gasteiger partial charge is 0.232 e. The van der Waals surface area contributed by atoms with Crippen LogP contribution in [0.15, 0.2) is 35.0 Å². The summed E-state index contributed by atoms with van der Waals surface area (Å²) in [4.78, 5) is 9.21. The van der Waals surface area contributed by atoms with Crippen LogP contribution in [0.25, 0.3) is 33.0 Å². The zero-order chi connectivity index (χ0) is 21.5. The molecular formula is C23H23ClN4O2S. The van der Waals surface area contributed by atoms with Gasteiger partial charge in [-0.2, -0.15) is 0 Å². The molecule has 3 aromatic heterocycles. The number of hydrogen-bond acceptors (Lipinski definition) is 7. The van der Waals surface area contributed by atoms with Crippen molar-refractivity contribution in [1.29, 1.82) is 0 Å². The minimum absolute atomic E-state index is 0.395. The quantitative estimate of drug-likeness (QED) is 0.313. The van der Waals surface area contributed by atoms with Gasteiger partial charge in [0.05, 0.1) is 17.7 Å². The highest BCUT2D eigenvalue weighted by Gasteiger charge is 2.23. The summed E-state index contributed by atoms with van der Waals surface area (Å²) >= 11 is 8.18. The van der Waals surface area contributed by atoms with Crippen molar-refractivity contribution in [3.05, 3.63) is 41.2 Å². The highest BCUT2D eigenvalue weighted by Crippen LogP contribution is 2.38. The Labute approximate surface area is 189 Å². The minimum atomic E-state index is 0.395. The van der Waals surface area contributed by atoms with Gasteiger partial charge in [0.1, 0.15) is 5.02 Å². The summed E-state index contributed by atoms with van der Waals surface area (Å²) < 4.78 is 14.7. The Balaban J connectivity index is 1.55. The van der Waals surface area contributed by atoms with E-state index >= 15 is 0 Å². The van der Waals surface area contributed by atoms with E-state index in [-0.39, 0.29) is 0 Å². The van der Waals surface area contributed by atoms with Crippen LogP contribution in [0, 0.1) is 12.8 Å². The van der Waals surface area contributed by atoms with Crippen LogP contribution < -0.4 is 9.46 Å². The lowest BCUT2D eigenvalue weighted by Crippen LogP contribution is -2.06. The van der Waals surface area contributed by atoms with Crippen molar-refractivity contribution in [2.45, 2.75) is 38.9 Å². The maximum absolute atomic E-state index is 6.46. The summed E-state index contributed by atoms with van der Waals surface area (Å²) in [5, 5.41) is 8.36. The Hall–Kier alpha value is -2.51. The van der Waals surface area contributed by atoms with E-state index in [0.717, 1.165) is 38.9 Å². The topological polar surface area (TPSA) is 73.1 Å². The van der Waals surface area contributed by atoms with Gasteiger partial charge in [-0.3, -0.25) is 4.98 Å².